The second kappa shape index (κ2) is 10.5. The van der Waals surface area contributed by atoms with Crippen molar-refractivity contribution in [3.8, 4) is 10.7 Å². The van der Waals surface area contributed by atoms with Crippen molar-refractivity contribution >= 4 is 34.7 Å². The van der Waals surface area contributed by atoms with Crippen molar-refractivity contribution in [2.45, 2.75) is 32.8 Å². The molecule has 0 N–H and O–H groups in total. The van der Waals surface area contributed by atoms with E-state index in [1.54, 1.807) is 29.8 Å². The molecule has 2 aromatic heterocycles. The van der Waals surface area contributed by atoms with Gasteiger partial charge < -0.3 is 14.2 Å². The second-order valence-corrected chi connectivity index (χ2v) is 8.17. The van der Waals surface area contributed by atoms with Gasteiger partial charge in [-0.1, -0.05) is 26.8 Å². The highest BCUT2D eigenvalue weighted by molar-refractivity contribution is 7.14. The molecule has 0 spiro atoms. The monoisotopic (exact) mass is 426 g/mol. The molecule has 8 heteroatoms. The van der Waals surface area contributed by atoms with Gasteiger partial charge in [0, 0.05) is 29.7 Å². The van der Waals surface area contributed by atoms with Gasteiger partial charge in [-0.3, -0.25) is 0 Å². The first kappa shape index (κ1) is 22.3. The Kier molecular flexibility index (Phi) is 8.35. The molecule has 0 aliphatic carbocycles. The molecule has 0 aliphatic rings. The molecular weight excluding hydrogens is 400 g/mol. The van der Waals surface area contributed by atoms with E-state index in [1.807, 2.05) is 29.8 Å². The molecule has 2 rings (SSSR count). The van der Waals surface area contributed by atoms with Crippen molar-refractivity contribution in [2.24, 2.45) is 5.92 Å². The van der Waals surface area contributed by atoms with Crippen LogP contribution in [0.3, 0.4) is 0 Å². The highest BCUT2D eigenvalue weighted by Gasteiger charge is 2.20. The van der Waals surface area contributed by atoms with E-state index in [4.69, 9.17) is 9.47 Å². The van der Waals surface area contributed by atoms with E-state index in [9.17, 15) is 4.79 Å². The lowest BCUT2D eigenvalue weighted by Gasteiger charge is -2.21. The highest BCUT2D eigenvalue weighted by Crippen LogP contribution is 2.29. The Balaban J connectivity index is 2.13. The van der Waals surface area contributed by atoms with Crippen LogP contribution in [-0.2, 0) is 19.0 Å². The number of nitrogens with zero attached hydrogens (tertiary/aromatic N) is 2. The molecule has 0 radical (unpaired) electrons. The van der Waals surface area contributed by atoms with E-state index in [-0.39, 0.29) is 12.0 Å². The van der Waals surface area contributed by atoms with Crippen molar-refractivity contribution in [3.63, 3.8) is 0 Å². The van der Waals surface area contributed by atoms with E-state index in [2.05, 4.69) is 28.6 Å². The number of rotatable bonds is 9. The Hall–Kier alpha value is -2.03. The predicted molar refractivity (Wildman–Crippen MR) is 113 cm³/mol. The largest absolute Gasteiger partial charge is 0.500 e. The maximum absolute atomic E-state index is 11.5. The number of carbonyl (C=O) groups excluding carboxylic acids is 1. The lowest BCUT2D eigenvalue weighted by atomic mass is 10.2. The third-order valence-electron chi connectivity index (χ3n) is 4.12. The summed E-state index contributed by atoms with van der Waals surface area (Å²) < 4.78 is 15.6. The lowest BCUT2D eigenvalue weighted by molar-refractivity contribution is -0.135. The number of aromatic nitrogens is 2. The van der Waals surface area contributed by atoms with Gasteiger partial charge in [0.2, 0.25) is 0 Å². The number of hydrogen-bond acceptors (Lipinski definition) is 8. The number of thiazole rings is 2. The lowest BCUT2D eigenvalue weighted by Crippen LogP contribution is -2.21. The molecule has 2 unspecified atom stereocenters. The number of carbonyl (C=O) groups is 1. The molecule has 0 fully saturated rings. The Labute approximate surface area is 173 Å². The zero-order chi connectivity index (χ0) is 20.7. The quantitative estimate of drug-likeness (QED) is 0.249. The Bertz CT molecular complexity index is 839. The van der Waals surface area contributed by atoms with E-state index in [1.165, 1.54) is 20.3 Å². The molecule has 0 saturated heterocycles. The van der Waals surface area contributed by atoms with Crippen LogP contribution in [0.4, 0.5) is 0 Å². The van der Waals surface area contributed by atoms with E-state index >= 15 is 0 Å². The molecule has 152 valence electrons. The summed E-state index contributed by atoms with van der Waals surface area (Å²) in [5, 5.41) is 6.04. The number of hydrogen-bond donors (Lipinski definition) is 0. The molecule has 0 aliphatic heterocycles. The van der Waals surface area contributed by atoms with Gasteiger partial charge in [-0.15, -0.1) is 22.7 Å². The summed E-state index contributed by atoms with van der Waals surface area (Å²) in [6.07, 6.45) is 4.87. The van der Waals surface area contributed by atoms with Gasteiger partial charge in [-0.2, -0.15) is 0 Å². The Morgan fingerprint density at radius 2 is 1.82 bits per heavy atom. The normalized spacial score (nSPS) is 14.5. The van der Waals surface area contributed by atoms with Gasteiger partial charge in [0.25, 0.3) is 0 Å². The van der Waals surface area contributed by atoms with E-state index in [0.29, 0.717) is 11.7 Å². The first-order valence-corrected chi connectivity index (χ1v) is 10.6. The number of ether oxygens (including phenoxy) is 3. The minimum atomic E-state index is -0.462. The van der Waals surface area contributed by atoms with Crippen LogP contribution in [0.5, 0.6) is 0 Å². The molecule has 0 amide bonds. The molecule has 6 nitrogen and oxygen atoms in total. The minimum Gasteiger partial charge on any atom is -0.500 e. The highest BCUT2D eigenvalue weighted by atomic mass is 32.1. The maximum Gasteiger partial charge on any atom is 0.333 e. The van der Waals surface area contributed by atoms with Crippen LogP contribution in [0.1, 0.15) is 37.4 Å². The van der Waals surface area contributed by atoms with Gasteiger partial charge in [-0.05, 0) is 6.08 Å². The maximum atomic E-state index is 11.5. The molecule has 0 saturated carbocycles. The molecule has 2 atom stereocenters. The molecule has 28 heavy (non-hydrogen) atoms. The van der Waals surface area contributed by atoms with Gasteiger partial charge in [0.15, 0.2) is 0 Å². The summed E-state index contributed by atoms with van der Waals surface area (Å²) in [6, 6.07) is 0. The molecular formula is C20H26N2O4S2. The average Bonchev–Trinajstić information content (AvgIpc) is 3.35. The van der Waals surface area contributed by atoms with Crippen molar-refractivity contribution in [1.29, 1.82) is 0 Å². The summed E-state index contributed by atoms with van der Waals surface area (Å²) >= 11 is 3.22. The second-order valence-electron chi connectivity index (χ2n) is 6.43. The molecule has 2 aromatic rings. The standard InChI is InChI=1S/C20H26N2O4S2/c1-12(2)19-22-15(11-28-19)20-21-14(10-27-20)7-8-16(24-4)13(3)17(25-5)9-18(23)26-6/h7-13,16H,1-6H3/b8-7+,17-9+/i8+1,9+1,16+1,18+1. The van der Waals surface area contributed by atoms with Crippen LogP contribution >= 0.6 is 22.7 Å². The van der Waals surface area contributed by atoms with Gasteiger partial charge >= 0.3 is 5.97 Å². The fourth-order valence-corrected chi connectivity index (χ4v) is 4.13. The Morgan fingerprint density at radius 3 is 2.39 bits per heavy atom. The fraction of sp³-hybridized carbons (Fsp3) is 0.450. The van der Waals surface area contributed by atoms with Gasteiger partial charge in [0.1, 0.15) is 16.5 Å². The fourth-order valence-electron chi connectivity index (χ4n) is 2.49. The summed E-state index contributed by atoms with van der Waals surface area (Å²) in [5.41, 5.74) is 1.75. The van der Waals surface area contributed by atoms with Crippen LogP contribution in [0, 0.1) is 5.92 Å². The predicted octanol–water partition coefficient (Wildman–Crippen LogP) is 4.76. The van der Waals surface area contributed by atoms with Crippen LogP contribution in [0.15, 0.2) is 28.7 Å². The van der Waals surface area contributed by atoms with Crippen LogP contribution < -0.4 is 0 Å². The third-order valence-corrected chi connectivity index (χ3v) is 6.15. The topological polar surface area (TPSA) is 70.5 Å². The summed E-state index contributed by atoms with van der Waals surface area (Å²) in [4.78, 5) is 20.8. The van der Waals surface area contributed by atoms with Gasteiger partial charge in [0.05, 0.1) is 37.1 Å². The van der Waals surface area contributed by atoms with E-state index < -0.39 is 5.97 Å². The Morgan fingerprint density at radius 1 is 1.07 bits per heavy atom. The zero-order valence-corrected chi connectivity index (χ0v) is 18.6. The summed E-state index contributed by atoms with van der Waals surface area (Å²) in [5.74, 6) is 0.271. The number of esters is 1. The van der Waals surface area contributed by atoms with Crippen molar-refractivity contribution in [1.82, 2.24) is 9.97 Å². The average molecular weight is 427 g/mol. The van der Waals surface area contributed by atoms with Gasteiger partial charge in [-0.25, -0.2) is 14.8 Å². The zero-order valence-electron chi connectivity index (χ0n) is 17.0. The SMILES string of the molecule is CO/C(=[13CH]/[13C](=O)OC)C(C)[13CH](/[13CH]=C/c1csc(-c2csc(C(C)C)n2)n1)OC. The molecule has 0 bridgehead atoms. The van der Waals surface area contributed by atoms with Crippen LogP contribution in [-0.4, -0.2) is 43.4 Å². The van der Waals surface area contributed by atoms with E-state index in [0.717, 1.165) is 21.4 Å². The summed E-state index contributed by atoms with van der Waals surface area (Å²) in [7, 11) is 4.47. The molecule has 2 heterocycles. The van der Waals surface area contributed by atoms with Crippen LogP contribution in [0.25, 0.3) is 16.8 Å². The van der Waals surface area contributed by atoms with Crippen molar-refractivity contribution in [2.75, 3.05) is 21.3 Å². The minimum absolute atomic E-state index is 0.171. The van der Waals surface area contributed by atoms with Crippen molar-refractivity contribution < 1.29 is 19.0 Å². The summed E-state index contributed by atoms with van der Waals surface area (Å²) in [6.45, 7) is 6.19. The first-order valence-electron chi connectivity index (χ1n) is 8.85. The van der Waals surface area contributed by atoms with Crippen LogP contribution in [0.2, 0.25) is 0 Å². The third kappa shape index (κ3) is 5.73. The first-order chi connectivity index (χ1) is 13.4. The number of methoxy groups -OCH3 is 3. The van der Waals surface area contributed by atoms with Crippen molar-refractivity contribution in [3.05, 3.63) is 39.4 Å². The smallest absolute Gasteiger partial charge is 0.333 e. The molecule has 0 aromatic carbocycles.